The van der Waals surface area contributed by atoms with Crippen molar-refractivity contribution in [3.8, 4) is 0 Å². The zero-order chi connectivity index (χ0) is 14.5. The average molecular weight is 344 g/mol. The second-order valence-electron chi connectivity index (χ2n) is 6.19. The number of amides is 1. The third-order valence-electron chi connectivity index (χ3n) is 3.45. The topological polar surface area (TPSA) is 56.6 Å². The number of ether oxygens (including phenoxy) is 2. The highest BCUT2D eigenvalue weighted by Gasteiger charge is 2.42. The van der Waals surface area contributed by atoms with Gasteiger partial charge in [0, 0.05) is 12.7 Å². The van der Waals surface area contributed by atoms with E-state index >= 15 is 0 Å². The van der Waals surface area contributed by atoms with Crippen LogP contribution in [0.1, 0.15) is 32.6 Å². The predicted octanol–water partition coefficient (Wildman–Crippen LogP) is 2.34. The van der Waals surface area contributed by atoms with Crippen molar-refractivity contribution in [2.75, 3.05) is 13.1 Å². The molecule has 0 saturated carbocycles. The molecule has 0 bridgehead atoms. The smallest absolute Gasteiger partial charge is 0.410 e. The number of halogens is 1. The van der Waals surface area contributed by atoms with Gasteiger partial charge in [-0.15, -0.1) is 0 Å². The van der Waals surface area contributed by atoms with Gasteiger partial charge in [-0.3, -0.25) is 0 Å². The summed E-state index contributed by atoms with van der Waals surface area (Å²) in [6, 6.07) is 0.116. The van der Waals surface area contributed by atoms with Crippen molar-refractivity contribution < 1.29 is 14.3 Å². The molecule has 7 heteroatoms. The van der Waals surface area contributed by atoms with E-state index in [0.717, 1.165) is 10.4 Å². The van der Waals surface area contributed by atoms with Gasteiger partial charge in [-0.05, 0) is 36.7 Å². The number of hydrogen-bond acceptors (Lipinski definition) is 4. The molecule has 3 rings (SSSR count). The average Bonchev–Trinajstić information content (AvgIpc) is 2.87. The number of nitrogens with zero attached hydrogens (tertiary/aromatic N) is 3. The lowest BCUT2D eigenvalue weighted by molar-refractivity contribution is -0.00556. The minimum atomic E-state index is -0.477. The van der Waals surface area contributed by atoms with E-state index in [2.05, 4.69) is 25.5 Å². The highest BCUT2D eigenvalue weighted by molar-refractivity contribution is 9.10. The fourth-order valence-electron chi connectivity index (χ4n) is 2.64. The first-order valence-corrected chi connectivity index (χ1v) is 7.45. The van der Waals surface area contributed by atoms with Crippen molar-refractivity contribution >= 4 is 22.0 Å². The normalized spacial score (nSPS) is 25.3. The van der Waals surface area contributed by atoms with E-state index in [1.165, 1.54) is 0 Å². The minimum absolute atomic E-state index is 0.0103. The Morgan fingerprint density at radius 2 is 2.25 bits per heavy atom. The van der Waals surface area contributed by atoms with E-state index in [0.29, 0.717) is 19.7 Å². The standard InChI is InChI=1S/C13H18BrN3O3/c1-13(2,3)20-12(18)16-4-8-9(5-16)19-7-11-15-10(14)6-17(8)11/h6,8-9H,4-5,7H2,1-3H3. The van der Waals surface area contributed by atoms with E-state index in [1.807, 2.05) is 27.0 Å². The van der Waals surface area contributed by atoms with E-state index in [4.69, 9.17) is 9.47 Å². The summed E-state index contributed by atoms with van der Waals surface area (Å²) in [5.74, 6) is 0.893. The highest BCUT2D eigenvalue weighted by atomic mass is 79.9. The second-order valence-corrected chi connectivity index (χ2v) is 7.00. The lowest BCUT2D eigenvalue weighted by Gasteiger charge is -2.26. The van der Waals surface area contributed by atoms with Crippen molar-refractivity contribution in [1.82, 2.24) is 14.5 Å². The summed E-state index contributed by atoms with van der Waals surface area (Å²) < 4.78 is 14.1. The van der Waals surface area contributed by atoms with Crippen LogP contribution >= 0.6 is 15.9 Å². The lowest BCUT2D eigenvalue weighted by Crippen LogP contribution is -2.36. The van der Waals surface area contributed by atoms with Gasteiger partial charge >= 0.3 is 6.09 Å². The number of aromatic nitrogens is 2. The molecule has 3 heterocycles. The molecule has 6 nitrogen and oxygen atoms in total. The Hall–Kier alpha value is -1.08. The van der Waals surface area contributed by atoms with Crippen LogP contribution in [-0.2, 0) is 16.1 Å². The molecule has 1 aromatic rings. The summed E-state index contributed by atoms with van der Waals surface area (Å²) in [5, 5.41) is 0. The fraction of sp³-hybridized carbons (Fsp3) is 0.692. The van der Waals surface area contributed by atoms with Crippen molar-refractivity contribution in [3.63, 3.8) is 0 Å². The molecular formula is C13H18BrN3O3. The Labute approximate surface area is 126 Å². The number of fused-ring (bicyclic) bond motifs is 3. The molecule has 0 aromatic carbocycles. The van der Waals surface area contributed by atoms with Crippen LogP contribution in [0.5, 0.6) is 0 Å². The van der Waals surface area contributed by atoms with E-state index in [-0.39, 0.29) is 18.2 Å². The number of rotatable bonds is 0. The molecule has 2 aliphatic rings. The third-order valence-corrected chi connectivity index (χ3v) is 3.83. The van der Waals surface area contributed by atoms with Crippen LogP contribution < -0.4 is 0 Å². The fourth-order valence-corrected chi connectivity index (χ4v) is 3.06. The van der Waals surface area contributed by atoms with Gasteiger partial charge in [0.2, 0.25) is 0 Å². The van der Waals surface area contributed by atoms with Crippen LogP contribution in [0.2, 0.25) is 0 Å². The first-order valence-electron chi connectivity index (χ1n) is 6.66. The Bertz CT molecular complexity index is 537. The van der Waals surface area contributed by atoms with Gasteiger partial charge in [-0.2, -0.15) is 0 Å². The zero-order valence-corrected chi connectivity index (χ0v) is 13.4. The van der Waals surface area contributed by atoms with Crippen LogP contribution in [-0.4, -0.2) is 45.3 Å². The SMILES string of the molecule is CC(C)(C)OC(=O)N1CC2OCc3nc(Br)cn3C2C1. The molecule has 0 aliphatic carbocycles. The molecule has 20 heavy (non-hydrogen) atoms. The minimum Gasteiger partial charge on any atom is -0.444 e. The molecule has 1 fully saturated rings. The van der Waals surface area contributed by atoms with E-state index in [1.54, 1.807) is 4.90 Å². The van der Waals surface area contributed by atoms with Gasteiger partial charge in [0.05, 0.1) is 18.7 Å². The van der Waals surface area contributed by atoms with Crippen molar-refractivity contribution in [2.45, 2.75) is 45.1 Å². The summed E-state index contributed by atoms with van der Waals surface area (Å²) in [7, 11) is 0. The van der Waals surface area contributed by atoms with Gasteiger partial charge in [0.25, 0.3) is 0 Å². The van der Waals surface area contributed by atoms with Crippen LogP contribution in [0.15, 0.2) is 10.8 Å². The molecule has 2 atom stereocenters. The van der Waals surface area contributed by atoms with Crippen LogP contribution in [0.25, 0.3) is 0 Å². The van der Waals surface area contributed by atoms with Crippen molar-refractivity contribution in [3.05, 3.63) is 16.6 Å². The molecule has 1 amide bonds. The quantitative estimate of drug-likeness (QED) is 0.725. The number of hydrogen-bond donors (Lipinski definition) is 0. The van der Waals surface area contributed by atoms with E-state index in [9.17, 15) is 4.79 Å². The maximum Gasteiger partial charge on any atom is 0.410 e. The summed E-state index contributed by atoms with van der Waals surface area (Å²) in [6.45, 7) is 7.25. The number of carbonyl (C=O) groups excluding carboxylic acids is 1. The first-order chi connectivity index (χ1) is 9.33. The lowest BCUT2D eigenvalue weighted by atomic mass is 10.2. The maximum absolute atomic E-state index is 12.1. The van der Waals surface area contributed by atoms with Gasteiger partial charge in [-0.25, -0.2) is 9.78 Å². The molecule has 0 N–H and O–H groups in total. The number of likely N-dealkylation sites (tertiary alicyclic amines) is 1. The largest absolute Gasteiger partial charge is 0.444 e. The van der Waals surface area contributed by atoms with E-state index < -0.39 is 5.60 Å². The summed E-state index contributed by atoms with van der Waals surface area (Å²) >= 11 is 3.38. The first kappa shape index (κ1) is 13.9. The molecule has 1 aromatic heterocycles. The van der Waals surface area contributed by atoms with Crippen LogP contribution in [0.3, 0.4) is 0 Å². The Kier molecular flexibility index (Phi) is 3.29. The molecular weight excluding hydrogens is 326 g/mol. The Morgan fingerprint density at radius 3 is 2.95 bits per heavy atom. The molecule has 2 unspecified atom stereocenters. The molecule has 0 spiro atoms. The van der Waals surface area contributed by atoms with Crippen LogP contribution in [0, 0.1) is 0 Å². The Morgan fingerprint density at radius 1 is 1.50 bits per heavy atom. The van der Waals surface area contributed by atoms with Crippen LogP contribution in [0.4, 0.5) is 4.79 Å². The van der Waals surface area contributed by atoms with Gasteiger partial charge in [0.1, 0.15) is 22.6 Å². The summed E-state index contributed by atoms with van der Waals surface area (Å²) in [6.07, 6.45) is 1.68. The highest BCUT2D eigenvalue weighted by Crippen LogP contribution is 2.32. The maximum atomic E-state index is 12.1. The molecule has 0 radical (unpaired) electrons. The summed E-state index contributed by atoms with van der Waals surface area (Å²) in [4.78, 5) is 18.2. The third kappa shape index (κ3) is 2.56. The predicted molar refractivity (Wildman–Crippen MR) is 75.3 cm³/mol. The van der Waals surface area contributed by atoms with Gasteiger partial charge < -0.3 is 18.9 Å². The summed E-state index contributed by atoms with van der Waals surface area (Å²) in [5.41, 5.74) is -0.477. The van der Waals surface area contributed by atoms with Crippen molar-refractivity contribution in [2.24, 2.45) is 0 Å². The number of carbonyl (C=O) groups is 1. The molecule has 1 saturated heterocycles. The molecule has 110 valence electrons. The monoisotopic (exact) mass is 343 g/mol. The zero-order valence-electron chi connectivity index (χ0n) is 11.8. The molecule has 2 aliphatic heterocycles. The van der Waals surface area contributed by atoms with Gasteiger partial charge in [0.15, 0.2) is 0 Å². The number of imidazole rings is 1. The second kappa shape index (κ2) is 4.73. The van der Waals surface area contributed by atoms with Crippen molar-refractivity contribution in [1.29, 1.82) is 0 Å². The Balaban J connectivity index is 1.75. The van der Waals surface area contributed by atoms with Gasteiger partial charge in [-0.1, -0.05) is 0 Å².